The fraction of sp³-hybridized carbons (Fsp3) is 0.333. The number of hydrogen-bond acceptors (Lipinski definition) is 0. The lowest BCUT2D eigenvalue weighted by Gasteiger charge is -2.18. The van der Waals surface area contributed by atoms with E-state index in [4.69, 9.17) is 0 Å². The molecule has 0 unspecified atom stereocenters. The molecule has 0 N–H and O–H groups in total. The van der Waals surface area contributed by atoms with E-state index in [2.05, 4.69) is 0 Å². The molecular weight excluding hydrogens is 176 g/mol. The van der Waals surface area contributed by atoms with Crippen LogP contribution >= 0.6 is 0 Å². The summed E-state index contributed by atoms with van der Waals surface area (Å²) >= 11 is 0. The Balaban J connectivity index is 2.43. The molecule has 13 heavy (non-hydrogen) atoms. The van der Waals surface area contributed by atoms with E-state index in [0.29, 0.717) is 5.56 Å². The SMILES string of the molecule is F[B-](F)(F)c1ccccc1C1CC1. The van der Waals surface area contributed by atoms with Crippen LogP contribution in [0.15, 0.2) is 24.3 Å². The predicted molar refractivity (Wildman–Crippen MR) is 47.1 cm³/mol. The second-order valence-corrected chi connectivity index (χ2v) is 3.48. The second-order valence-electron chi connectivity index (χ2n) is 3.48. The first kappa shape index (κ1) is 8.66. The van der Waals surface area contributed by atoms with Crippen molar-refractivity contribution in [2.45, 2.75) is 18.8 Å². The fourth-order valence-electron chi connectivity index (χ4n) is 1.58. The maximum atomic E-state index is 12.5. The van der Waals surface area contributed by atoms with E-state index in [-0.39, 0.29) is 5.92 Å². The van der Waals surface area contributed by atoms with Gasteiger partial charge in [0.2, 0.25) is 0 Å². The third-order valence-corrected chi connectivity index (χ3v) is 2.37. The van der Waals surface area contributed by atoms with Crippen molar-refractivity contribution in [2.75, 3.05) is 0 Å². The highest BCUT2D eigenvalue weighted by Gasteiger charge is 2.33. The Labute approximate surface area is 74.8 Å². The van der Waals surface area contributed by atoms with Gasteiger partial charge in [0.15, 0.2) is 0 Å². The molecule has 0 atom stereocenters. The van der Waals surface area contributed by atoms with E-state index in [9.17, 15) is 12.9 Å². The summed E-state index contributed by atoms with van der Waals surface area (Å²) in [5.41, 5.74) is 0.0972. The third kappa shape index (κ3) is 1.71. The van der Waals surface area contributed by atoms with Gasteiger partial charge in [0, 0.05) is 0 Å². The molecule has 70 valence electrons. The quantitative estimate of drug-likeness (QED) is 0.621. The molecule has 0 amide bonds. The normalized spacial score (nSPS) is 17.5. The molecule has 4 heteroatoms. The molecule has 1 aromatic carbocycles. The first-order valence-electron chi connectivity index (χ1n) is 4.38. The zero-order valence-corrected chi connectivity index (χ0v) is 7.01. The Morgan fingerprint density at radius 2 is 1.69 bits per heavy atom. The number of halogens is 3. The zero-order valence-electron chi connectivity index (χ0n) is 7.01. The van der Waals surface area contributed by atoms with E-state index in [0.717, 1.165) is 12.8 Å². The molecule has 0 saturated heterocycles. The third-order valence-electron chi connectivity index (χ3n) is 2.37. The standard InChI is InChI=1S/C9H9BF3/c11-10(12,13)9-4-2-1-3-8(9)7-5-6-7/h1-4,7H,5-6H2/q-1. The van der Waals surface area contributed by atoms with Gasteiger partial charge in [-0.1, -0.05) is 29.8 Å². The molecule has 1 aliphatic rings. The molecule has 0 aromatic heterocycles. The molecule has 0 bridgehead atoms. The van der Waals surface area contributed by atoms with Crippen molar-refractivity contribution in [1.82, 2.24) is 0 Å². The van der Waals surface area contributed by atoms with Gasteiger partial charge in [-0.25, -0.2) is 0 Å². The highest BCUT2D eigenvalue weighted by Crippen LogP contribution is 2.39. The van der Waals surface area contributed by atoms with Gasteiger partial charge in [0.05, 0.1) is 0 Å². The van der Waals surface area contributed by atoms with E-state index in [1.165, 1.54) is 12.1 Å². The molecule has 0 nitrogen and oxygen atoms in total. The van der Waals surface area contributed by atoms with Gasteiger partial charge in [-0.3, -0.25) is 0 Å². The van der Waals surface area contributed by atoms with Crippen molar-refractivity contribution in [2.24, 2.45) is 0 Å². The Hall–Kier alpha value is -0.925. The van der Waals surface area contributed by atoms with Crippen molar-refractivity contribution in [3.63, 3.8) is 0 Å². The first-order chi connectivity index (χ1) is 6.09. The van der Waals surface area contributed by atoms with Crippen LogP contribution in [0.25, 0.3) is 0 Å². The summed E-state index contributed by atoms with van der Waals surface area (Å²) < 4.78 is 37.5. The lowest BCUT2D eigenvalue weighted by atomic mass is 9.76. The van der Waals surface area contributed by atoms with Crippen molar-refractivity contribution >= 4 is 12.4 Å². The molecular formula is C9H9BF3-. The maximum Gasteiger partial charge on any atom is 0.509 e. The summed E-state index contributed by atoms with van der Waals surface area (Å²) in [7, 11) is 0. The average Bonchev–Trinajstić information content (AvgIpc) is 2.85. The van der Waals surface area contributed by atoms with Crippen LogP contribution < -0.4 is 5.46 Å². The van der Waals surface area contributed by atoms with Gasteiger partial charge in [-0.15, -0.1) is 5.46 Å². The Bertz CT molecular complexity index is 315. The summed E-state index contributed by atoms with van der Waals surface area (Å²) in [6.45, 7) is -4.83. The van der Waals surface area contributed by atoms with E-state index in [1.54, 1.807) is 12.1 Å². The molecule has 2 rings (SSSR count). The van der Waals surface area contributed by atoms with Gasteiger partial charge in [-0.05, 0) is 18.8 Å². The van der Waals surface area contributed by atoms with Crippen LogP contribution in [0.1, 0.15) is 24.3 Å². The minimum absolute atomic E-state index is 0.166. The minimum atomic E-state index is -4.83. The van der Waals surface area contributed by atoms with Gasteiger partial charge < -0.3 is 12.9 Å². The monoisotopic (exact) mass is 185 g/mol. The fourth-order valence-corrected chi connectivity index (χ4v) is 1.58. The summed E-state index contributed by atoms with van der Waals surface area (Å²) in [5, 5.41) is 0. The molecule has 1 saturated carbocycles. The molecule has 0 radical (unpaired) electrons. The number of hydrogen-bond donors (Lipinski definition) is 0. The lowest BCUT2D eigenvalue weighted by molar-refractivity contribution is 0.500. The smallest absolute Gasteiger partial charge is 0.445 e. The molecule has 1 aliphatic carbocycles. The van der Waals surface area contributed by atoms with Crippen LogP contribution in [0.2, 0.25) is 0 Å². The Morgan fingerprint density at radius 1 is 1.08 bits per heavy atom. The van der Waals surface area contributed by atoms with Crippen LogP contribution in [0.4, 0.5) is 12.9 Å². The van der Waals surface area contributed by atoms with Gasteiger partial charge >= 0.3 is 6.98 Å². The van der Waals surface area contributed by atoms with E-state index >= 15 is 0 Å². The van der Waals surface area contributed by atoms with Gasteiger partial charge in [0.1, 0.15) is 0 Å². The molecule has 0 aliphatic heterocycles. The number of benzene rings is 1. The summed E-state index contributed by atoms with van der Waals surface area (Å²) in [6.07, 6.45) is 1.81. The molecule has 0 spiro atoms. The van der Waals surface area contributed by atoms with Crippen molar-refractivity contribution < 1.29 is 12.9 Å². The predicted octanol–water partition coefficient (Wildman–Crippen LogP) is 2.62. The Morgan fingerprint density at radius 3 is 2.23 bits per heavy atom. The second kappa shape index (κ2) is 2.79. The van der Waals surface area contributed by atoms with Crippen LogP contribution in [-0.4, -0.2) is 6.98 Å². The maximum absolute atomic E-state index is 12.5. The van der Waals surface area contributed by atoms with Crippen molar-refractivity contribution in [3.05, 3.63) is 29.8 Å². The van der Waals surface area contributed by atoms with Crippen molar-refractivity contribution in [1.29, 1.82) is 0 Å². The first-order valence-corrected chi connectivity index (χ1v) is 4.38. The van der Waals surface area contributed by atoms with Crippen LogP contribution in [0, 0.1) is 0 Å². The average molecular weight is 185 g/mol. The summed E-state index contributed by atoms with van der Waals surface area (Å²) in [4.78, 5) is 0. The molecule has 1 fully saturated rings. The van der Waals surface area contributed by atoms with E-state index in [1.807, 2.05) is 0 Å². The highest BCUT2D eigenvalue weighted by molar-refractivity contribution is 6.74. The minimum Gasteiger partial charge on any atom is -0.445 e. The van der Waals surface area contributed by atoms with Crippen LogP contribution in [0.3, 0.4) is 0 Å². The van der Waals surface area contributed by atoms with E-state index < -0.39 is 12.4 Å². The molecule has 0 heterocycles. The molecule has 1 aromatic rings. The lowest BCUT2D eigenvalue weighted by Crippen LogP contribution is -2.36. The summed E-state index contributed by atoms with van der Waals surface area (Å²) in [6, 6.07) is 5.92. The highest BCUT2D eigenvalue weighted by atomic mass is 19.4. The topological polar surface area (TPSA) is 0 Å². The van der Waals surface area contributed by atoms with Gasteiger partial charge in [0.25, 0.3) is 0 Å². The zero-order chi connectivity index (χ0) is 9.47. The van der Waals surface area contributed by atoms with Crippen molar-refractivity contribution in [3.8, 4) is 0 Å². The van der Waals surface area contributed by atoms with Crippen LogP contribution in [0.5, 0.6) is 0 Å². The van der Waals surface area contributed by atoms with Crippen LogP contribution in [-0.2, 0) is 0 Å². The summed E-state index contributed by atoms with van der Waals surface area (Å²) in [5.74, 6) is 0.166. The Kier molecular flexibility index (Phi) is 1.86. The largest absolute Gasteiger partial charge is 0.509 e. The number of rotatable bonds is 2. The van der Waals surface area contributed by atoms with Gasteiger partial charge in [-0.2, -0.15) is 0 Å².